The number of rotatable bonds is 7. The van der Waals surface area contributed by atoms with Crippen LogP contribution in [0.3, 0.4) is 0 Å². The van der Waals surface area contributed by atoms with E-state index in [2.05, 4.69) is 0 Å². The smallest absolute Gasteiger partial charge is 0.377 e. The van der Waals surface area contributed by atoms with Gasteiger partial charge in [-0.2, -0.15) is 0 Å². The van der Waals surface area contributed by atoms with Crippen LogP contribution < -0.4 is 0 Å². The first kappa shape index (κ1) is 15.8. The highest BCUT2D eigenvalue weighted by Crippen LogP contribution is 2.44. The molecule has 1 saturated carbocycles. The Morgan fingerprint density at radius 1 is 1.00 bits per heavy atom. The zero-order valence-corrected chi connectivity index (χ0v) is 15.2. The summed E-state index contributed by atoms with van der Waals surface area (Å²) in [6.07, 6.45) is 3.46. The molecule has 1 saturated heterocycles. The van der Waals surface area contributed by atoms with Gasteiger partial charge in [0.2, 0.25) is 0 Å². The van der Waals surface area contributed by atoms with Crippen molar-refractivity contribution in [2.45, 2.75) is 45.6 Å². The van der Waals surface area contributed by atoms with Gasteiger partial charge in [-0.3, -0.25) is 0 Å². The van der Waals surface area contributed by atoms with Crippen LogP contribution in [-0.4, -0.2) is 47.7 Å². The van der Waals surface area contributed by atoms with E-state index >= 15 is 0 Å². The predicted octanol–water partition coefficient (Wildman–Crippen LogP) is 1.09. The molecule has 0 radical (unpaired) electrons. The second-order valence-corrected chi connectivity index (χ2v) is 11.6. The largest absolute Gasteiger partial charge is 0.489 e. The van der Waals surface area contributed by atoms with Crippen molar-refractivity contribution >= 4 is 27.9 Å². The van der Waals surface area contributed by atoms with E-state index in [4.69, 9.17) is 25.6 Å². The Morgan fingerprint density at radius 2 is 1.58 bits per heavy atom. The molecule has 0 aromatic carbocycles. The molecule has 19 heavy (non-hydrogen) atoms. The molecule has 1 heterocycles. The molecular weight excluding hydrogens is 300 g/mol. The van der Waals surface area contributed by atoms with Crippen molar-refractivity contribution in [3.8, 4) is 0 Å². The molecule has 6 nitrogen and oxygen atoms in total. The summed E-state index contributed by atoms with van der Waals surface area (Å²) in [5.74, 6) is 0. The van der Waals surface area contributed by atoms with E-state index in [1.54, 1.807) is 0 Å². The molecule has 0 spiro atoms. The lowest BCUT2D eigenvalue weighted by atomic mass is 10.00. The lowest BCUT2D eigenvalue weighted by Crippen LogP contribution is -2.64. The molecule has 0 aromatic rings. The van der Waals surface area contributed by atoms with Gasteiger partial charge >= 0.3 is 27.9 Å². The van der Waals surface area contributed by atoms with Crippen LogP contribution in [-0.2, 0) is 25.6 Å². The molecule has 0 amide bonds. The zero-order valence-electron chi connectivity index (χ0n) is 11.9. The summed E-state index contributed by atoms with van der Waals surface area (Å²) >= 11 is 0. The maximum atomic E-state index is 6.08. The normalized spacial score (nSPS) is 36.2. The summed E-state index contributed by atoms with van der Waals surface area (Å²) in [5.41, 5.74) is 0.405. The minimum atomic E-state index is -2.65. The molecule has 0 N–H and O–H groups in total. The second-order valence-electron chi connectivity index (χ2n) is 4.52. The average Bonchev–Trinajstić information content (AvgIpc) is 2.27. The maximum absolute atomic E-state index is 6.08. The molecular formula is C10H24O6Si3. The van der Waals surface area contributed by atoms with E-state index in [1.165, 1.54) is 6.42 Å². The van der Waals surface area contributed by atoms with Gasteiger partial charge in [0.05, 0.1) is 0 Å². The van der Waals surface area contributed by atoms with Gasteiger partial charge in [0.1, 0.15) is 0 Å². The Bertz CT molecular complexity index is 264. The highest BCUT2D eigenvalue weighted by atomic mass is 28.5. The molecule has 2 atom stereocenters. The number of hydrogen-bond acceptors (Lipinski definition) is 6. The fraction of sp³-hybridized carbons (Fsp3) is 1.00. The van der Waals surface area contributed by atoms with Crippen LogP contribution in [0.4, 0.5) is 0 Å². The van der Waals surface area contributed by atoms with E-state index in [0.29, 0.717) is 25.4 Å². The van der Waals surface area contributed by atoms with Crippen LogP contribution in [0.1, 0.15) is 40.0 Å². The van der Waals surface area contributed by atoms with Crippen molar-refractivity contribution in [1.82, 2.24) is 0 Å². The molecule has 112 valence electrons. The van der Waals surface area contributed by atoms with Gasteiger partial charge in [-0.1, -0.05) is 6.42 Å². The van der Waals surface area contributed by atoms with Crippen molar-refractivity contribution in [3.63, 3.8) is 0 Å². The van der Waals surface area contributed by atoms with Gasteiger partial charge in [-0.25, -0.2) is 0 Å². The average molecular weight is 325 g/mol. The molecule has 2 rings (SSSR count). The summed E-state index contributed by atoms with van der Waals surface area (Å²) in [5, 5.41) is 0. The van der Waals surface area contributed by atoms with Crippen molar-refractivity contribution in [3.05, 3.63) is 0 Å². The van der Waals surface area contributed by atoms with Crippen LogP contribution >= 0.6 is 0 Å². The highest BCUT2D eigenvalue weighted by molar-refractivity contribution is 6.78. The molecule has 0 bridgehead atoms. The summed E-state index contributed by atoms with van der Waals surface area (Å²) < 4.78 is 35.0. The minimum absolute atomic E-state index is 0.405. The molecule has 2 aliphatic rings. The van der Waals surface area contributed by atoms with E-state index in [0.717, 1.165) is 12.8 Å². The molecule has 1 aliphatic carbocycles. The summed E-state index contributed by atoms with van der Waals surface area (Å²) in [6.45, 7) is 7.64. The molecule has 2 fully saturated rings. The van der Waals surface area contributed by atoms with Crippen LogP contribution in [0, 0.1) is 0 Å². The van der Waals surface area contributed by atoms with Crippen molar-refractivity contribution < 1.29 is 25.6 Å². The first-order chi connectivity index (χ1) is 9.24. The minimum Gasteiger partial charge on any atom is -0.377 e. The van der Waals surface area contributed by atoms with Crippen LogP contribution in [0.15, 0.2) is 0 Å². The monoisotopic (exact) mass is 324 g/mol. The van der Waals surface area contributed by atoms with Crippen molar-refractivity contribution in [1.29, 1.82) is 0 Å². The third-order valence-electron chi connectivity index (χ3n) is 3.30. The standard InChI is InChI=1S/C10H24O6Si3/c1-4-11-17-14-18(12-5-2)16-19(15-17,13-6-3)10-8-7-9-10/h10,17-18H,4-9H2,1-3H3. The van der Waals surface area contributed by atoms with E-state index < -0.39 is 27.9 Å². The van der Waals surface area contributed by atoms with Crippen molar-refractivity contribution in [2.75, 3.05) is 19.8 Å². The first-order valence-corrected chi connectivity index (χ1v) is 11.7. The van der Waals surface area contributed by atoms with Gasteiger partial charge in [-0.15, -0.1) is 0 Å². The first-order valence-electron chi connectivity index (χ1n) is 7.12. The quantitative estimate of drug-likeness (QED) is 0.653. The van der Waals surface area contributed by atoms with Gasteiger partial charge in [-0.05, 0) is 33.6 Å². The SMILES string of the molecule is CCO[SiH]1O[SiH](OCC)O[Si](OCC)(C2CCC2)O1. The predicted molar refractivity (Wildman–Crippen MR) is 75.8 cm³/mol. The van der Waals surface area contributed by atoms with Crippen LogP contribution in [0.5, 0.6) is 0 Å². The molecule has 9 heteroatoms. The van der Waals surface area contributed by atoms with Gasteiger partial charge in [0, 0.05) is 25.4 Å². The Kier molecular flexibility index (Phi) is 6.17. The third kappa shape index (κ3) is 3.74. The lowest BCUT2D eigenvalue weighted by molar-refractivity contribution is 0.0401. The molecule has 0 aromatic heterocycles. The zero-order chi connectivity index (χ0) is 13.7. The highest BCUT2D eigenvalue weighted by Gasteiger charge is 2.59. The van der Waals surface area contributed by atoms with E-state index in [1.807, 2.05) is 20.8 Å². The summed E-state index contributed by atoms with van der Waals surface area (Å²) in [6, 6.07) is 0. The lowest BCUT2D eigenvalue weighted by Gasteiger charge is -2.45. The van der Waals surface area contributed by atoms with Crippen LogP contribution in [0.25, 0.3) is 0 Å². The fourth-order valence-corrected chi connectivity index (χ4v) is 12.8. The number of hydrogen-bond donors (Lipinski definition) is 0. The molecule has 1 aliphatic heterocycles. The topological polar surface area (TPSA) is 55.4 Å². The maximum Gasteiger partial charge on any atom is 0.489 e. The van der Waals surface area contributed by atoms with Crippen molar-refractivity contribution in [2.24, 2.45) is 0 Å². The van der Waals surface area contributed by atoms with Gasteiger partial charge in [0.25, 0.3) is 0 Å². The third-order valence-corrected chi connectivity index (χ3v) is 12.7. The van der Waals surface area contributed by atoms with E-state index in [-0.39, 0.29) is 0 Å². The Labute approximate surface area is 119 Å². The van der Waals surface area contributed by atoms with Crippen LogP contribution in [0.2, 0.25) is 5.54 Å². The van der Waals surface area contributed by atoms with Gasteiger partial charge < -0.3 is 25.6 Å². The Hall–Kier alpha value is 0.411. The summed E-state index contributed by atoms with van der Waals surface area (Å²) in [7, 11) is -6.97. The Morgan fingerprint density at radius 3 is 1.95 bits per heavy atom. The second kappa shape index (κ2) is 7.43. The summed E-state index contributed by atoms with van der Waals surface area (Å²) in [4.78, 5) is 0. The van der Waals surface area contributed by atoms with E-state index in [9.17, 15) is 0 Å². The fourth-order valence-electron chi connectivity index (χ4n) is 2.20. The molecule has 2 unspecified atom stereocenters. The van der Waals surface area contributed by atoms with Gasteiger partial charge in [0.15, 0.2) is 0 Å². The Balaban J connectivity index is 2.08.